The maximum absolute atomic E-state index is 12.7. The summed E-state index contributed by atoms with van der Waals surface area (Å²) in [6.07, 6.45) is -4.50. The van der Waals surface area contributed by atoms with Gasteiger partial charge in [0.1, 0.15) is 11.5 Å². The lowest BCUT2D eigenvalue weighted by molar-refractivity contribution is -0.137. The monoisotopic (exact) mass is 321 g/mol. The smallest absolute Gasteiger partial charge is 0.416 e. The van der Waals surface area contributed by atoms with Gasteiger partial charge in [0.2, 0.25) is 0 Å². The summed E-state index contributed by atoms with van der Waals surface area (Å²) in [6, 6.07) is 7.36. The third-order valence-corrected chi connectivity index (χ3v) is 2.91. The van der Waals surface area contributed by atoms with Crippen molar-refractivity contribution >= 4 is 28.9 Å². The number of ether oxygens (including phenoxy) is 1. The number of nitrogens with two attached hydrogens (primary N) is 1. The Labute approximate surface area is 122 Å². The summed E-state index contributed by atoms with van der Waals surface area (Å²) in [5.74, 6) is 0.135. The number of rotatable bonds is 2. The first-order valence-electron chi connectivity index (χ1n) is 5.36. The van der Waals surface area contributed by atoms with E-state index < -0.39 is 11.7 Å². The highest BCUT2D eigenvalue weighted by Gasteiger charge is 2.31. The Kier molecular flexibility index (Phi) is 4.01. The average Bonchev–Trinajstić information content (AvgIpc) is 2.31. The molecule has 7 heteroatoms. The van der Waals surface area contributed by atoms with Crippen molar-refractivity contribution in [3.63, 3.8) is 0 Å². The van der Waals surface area contributed by atoms with Gasteiger partial charge in [0.25, 0.3) is 0 Å². The number of hydrogen-bond donors (Lipinski definition) is 1. The van der Waals surface area contributed by atoms with E-state index >= 15 is 0 Å². The van der Waals surface area contributed by atoms with E-state index in [0.29, 0.717) is 5.02 Å². The molecule has 106 valence electrons. The molecule has 0 saturated heterocycles. The second-order valence-electron chi connectivity index (χ2n) is 3.97. The molecule has 0 spiro atoms. The van der Waals surface area contributed by atoms with E-state index in [4.69, 9.17) is 33.7 Å². The highest BCUT2D eigenvalue weighted by Crippen LogP contribution is 2.36. The van der Waals surface area contributed by atoms with Crippen LogP contribution < -0.4 is 10.5 Å². The van der Waals surface area contributed by atoms with E-state index in [-0.39, 0.29) is 22.2 Å². The normalized spacial score (nSPS) is 11.4. The van der Waals surface area contributed by atoms with E-state index in [0.717, 1.165) is 12.1 Å². The van der Waals surface area contributed by atoms with Gasteiger partial charge in [-0.3, -0.25) is 0 Å². The standard InChI is InChI=1S/C13H8Cl2F3NO/c14-8-1-2-12(11(15)5-8)20-10-4-7(13(16,17)18)3-9(19)6-10/h1-6H,19H2. The van der Waals surface area contributed by atoms with Crippen LogP contribution in [0.1, 0.15) is 5.56 Å². The number of alkyl halides is 3. The molecule has 0 aliphatic carbocycles. The molecule has 0 aliphatic heterocycles. The maximum Gasteiger partial charge on any atom is 0.416 e. The largest absolute Gasteiger partial charge is 0.456 e. The summed E-state index contributed by atoms with van der Waals surface area (Å²) in [7, 11) is 0. The van der Waals surface area contributed by atoms with E-state index in [1.54, 1.807) is 0 Å². The zero-order valence-corrected chi connectivity index (χ0v) is 11.4. The first-order valence-corrected chi connectivity index (χ1v) is 6.12. The highest BCUT2D eigenvalue weighted by molar-refractivity contribution is 6.35. The Morgan fingerprint density at radius 3 is 2.30 bits per heavy atom. The molecule has 0 atom stereocenters. The van der Waals surface area contributed by atoms with Gasteiger partial charge in [-0.1, -0.05) is 23.2 Å². The molecule has 20 heavy (non-hydrogen) atoms. The molecule has 0 aromatic heterocycles. The third kappa shape index (κ3) is 3.49. The molecular formula is C13H8Cl2F3NO. The van der Waals surface area contributed by atoms with Gasteiger partial charge in [0, 0.05) is 16.8 Å². The van der Waals surface area contributed by atoms with E-state index in [1.165, 1.54) is 24.3 Å². The fraction of sp³-hybridized carbons (Fsp3) is 0.0769. The van der Waals surface area contributed by atoms with Gasteiger partial charge >= 0.3 is 6.18 Å². The van der Waals surface area contributed by atoms with Gasteiger partial charge in [-0.25, -0.2) is 0 Å². The third-order valence-electron chi connectivity index (χ3n) is 2.38. The lowest BCUT2D eigenvalue weighted by atomic mass is 10.2. The van der Waals surface area contributed by atoms with Crippen LogP contribution in [-0.4, -0.2) is 0 Å². The first-order chi connectivity index (χ1) is 9.25. The summed E-state index contributed by atoms with van der Waals surface area (Å²) in [5, 5.41) is 0.583. The molecule has 0 saturated carbocycles. The SMILES string of the molecule is Nc1cc(Oc2ccc(Cl)cc2Cl)cc(C(F)(F)F)c1. The number of nitrogen functional groups attached to an aromatic ring is 1. The average molecular weight is 322 g/mol. The maximum atomic E-state index is 12.7. The molecule has 0 aliphatic rings. The number of halogens is 5. The predicted octanol–water partition coefficient (Wildman–Crippen LogP) is 5.39. The van der Waals surface area contributed by atoms with E-state index in [9.17, 15) is 13.2 Å². The van der Waals surface area contributed by atoms with Crippen LogP contribution in [0.2, 0.25) is 10.0 Å². The molecule has 2 N–H and O–H groups in total. The van der Waals surface area contributed by atoms with Crippen LogP contribution in [0, 0.1) is 0 Å². The summed E-state index contributed by atoms with van der Waals surface area (Å²) in [6.45, 7) is 0. The lowest BCUT2D eigenvalue weighted by Crippen LogP contribution is -2.06. The fourth-order valence-electron chi connectivity index (χ4n) is 1.53. The predicted molar refractivity (Wildman–Crippen MR) is 72.4 cm³/mol. The van der Waals surface area contributed by atoms with Crippen molar-refractivity contribution in [2.75, 3.05) is 5.73 Å². The van der Waals surface area contributed by atoms with Crippen molar-refractivity contribution in [3.8, 4) is 11.5 Å². The Morgan fingerprint density at radius 1 is 1.00 bits per heavy atom. The van der Waals surface area contributed by atoms with Crippen LogP contribution in [-0.2, 0) is 6.18 Å². The van der Waals surface area contributed by atoms with Crippen LogP contribution in [0.15, 0.2) is 36.4 Å². The molecule has 2 nitrogen and oxygen atoms in total. The van der Waals surface area contributed by atoms with Gasteiger partial charge < -0.3 is 10.5 Å². The molecule has 0 heterocycles. The van der Waals surface area contributed by atoms with Crippen molar-refractivity contribution < 1.29 is 17.9 Å². The Morgan fingerprint density at radius 2 is 1.70 bits per heavy atom. The van der Waals surface area contributed by atoms with Crippen molar-refractivity contribution in [2.45, 2.75) is 6.18 Å². The van der Waals surface area contributed by atoms with Gasteiger partial charge in [0.15, 0.2) is 0 Å². The molecule has 0 radical (unpaired) electrons. The second kappa shape index (κ2) is 5.42. The second-order valence-corrected chi connectivity index (χ2v) is 4.81. The summed E-state index contributed by atoms with van der Waals surface area (Å²) in [4.78, 5) is 0. The van der Waals surface area contributed by atoms with Crippen molar-refractivity contribution in [3.05, 3.63) is 52.0 Å². The minimum atomic E-state index is -4.50. The van der Waals surface area contributed by atoms with Crippen molar-refractivity contribution in [2.24, 2.45) is 0 Å². The van der Waals surface area contributed by atoms with Gasteiger partial charge in [-0.05, 0) is 30.3 Å². The number of anilines is 1. The van der Waals surface area contributed by atoms with Crippen LogP contribution in [0.5, 0.6) is 11.5 Å². The van der Waals surface area contributed by atoms with E-state index in [1.807, 2.05) is 0 Å². The van der Waals surface area contributed by atoms with Crippen LogP contribution in [0.4, 0.5) is 18.9 Å². The minimum absolute atomic E-state index is 0.0541. The Balaban J connectivity index is 2.36. The summed E-state index contributed by atoms with van der Waals surface area (Å²) >= 11 is 11.6. The number of benzene rings is 2. The fourth-order valence-corrected chi connectivity index (χ4v) is 1.98. The Hall–Kier alpha value is -1.59. The lowest BCUT2D eigenvalue weighted by Gasteiger charge is -2.12. The van der Waals surface area contributed by atoms with E-state index in [2.05, 4.69) is 0 Å². The molecule has 0 unspecified atom stereocenters. The van der Waals surface area contributed by atoms with Gasteiger partial charge in [-0.2, -0.15) is 13.2 Å². The molecule has 0 fully saturated rings. The minimum Gasteiger partial charge on any atom is -0.456 e. The number of hydrogen-bond acceptors (Lipinski definition) is 2. The van der Waals surface area contributed by atoms with Crippen LogP contribution >= 0.6 is 23.2 Å². The zero-order valence-electron chi connectivity index (χ0n) is 9.84. The quantitative estimate of drug-likeness (QED) is 0.753. The summed E-state index contributed by atoms with van der Waals surface area (Å²) in [5.41, 5.74) is 4.49. The summed E-state index contributed by atoms with van der Waals surface area (Å²) < 4.78 is 43.3. The molecule has 2 aromatic rings. The zero-order chi connectivity index (χ0) is 14.9. The topological polar surface area (TPSA) is 35.2 Å². The van der Waals surface area contributed by atoms with Crippen LogP contribution in [0.3, 0.4) is 0 Å². The van der Waals surface area contributed by atoms with Gasteiger partial charge in [-0.15, -0.1) is 0 Å². The van der Waals surface area contributed by atoms with Crippen molar-refractivity contribution in [1.29, 1.82) is 0 Å². The van der Waals surface area contributed by atoms with Gasteiger partial charge in [0.05, 0.1) is 10.6 Å². The van der Waals surface area contributed by atoms with Crippen LogP contribution in [0.25, 0.3) is 0 Å². The highest BCUT2D eigenvalue weighted by atomic mass is 35.5. The Bertz CT molecular complexity index is 644. The molecular weight excluding hydrogens is 314 g/mol. The molecule has 0 bridgehead atoms. The molecule has 0 amide bonds. The molecule has 2 rings (SSSR count). The molecule has 2 aromatic carbocycles. The first kappa shape index (κ1) is 14.8. The van der Waals surface area contributed by atoms with Crippen molar-refractivity contribution in [1.82, 2.24) is 0 Å².